The van der Waals surface area contributed by atoms with E-state index in [4.69, 9.17) is 0 Å². The molecular formula is C21H36N4O2. The van der Waals surface area contributed by atoms with Crippen molar-refractivity contribution < 1.29 is 9.59 Å². The van der Waals surface area contributed by atoms with Crippen LogP contribution in [-0.2, 0) is 9.59 Å². The molecule has 27 heavy (non-hydrogen) atoms. The summed E-state index contributed by atoms with van der Waals surface area (Å²) in [6.07, 6.45) is 10.6. The standard InChI is InChI=1S/C21H36N4O2/c26-20-17-7-1-2-8-18(17)21(27)25(20)12-6-5-11-23-13-15-24(16-14-23)19-9-3-4-10-22-19/h17-19,22H,1-16H2. The Hall–Kier alpha value is -0.980. The first-order valence-corrected chi connectivity index (χ1v) is 11.3. The van der Waals surface area contributed by atoms with Crippen LogP contribution in [0.1, 0.15) is 57.8 Å². The first-order valence-electron chi connectivity index (χ1n) is 11.3. The molecule has 4 aliphatic rings. The molecule has 2 amide bonds. The summed E-state index contributed by atoms with van der Waals surface area (Å²) in [6, 6.07) is 0. The summed E-state index contributed by atoms with van der Waals surface area (Å²) in [5.74, 6) is 0.261. The molecule has 152 valence electrons. The topological polar surface area (TPSA) is 55.9 Å². The molecule has 1 N–H and O–H groups in total. The lowest BCUT2D eigenvalue weighted by Crippen LogP contribution is -2.56. The first-order chi connectivity index (χ1) is 13.2. The Morgan fingerprint density at radius 2 is 1.41 bits per heavy atom. The van der Waals surface area contributed by atoms with Gasteiger partial charge in [-0.15, -0.1) is 0 Å². The van der Waals surface area contributed by atoms with Crippen LogP contribution in [0.25, 0.3) is 0 Å². The molecule has 0 aromatic heterocycles. The Kier molecular flexibility index (Phi) is 6.46. The normalized spacial score (nSPS) is 33.5. The van der Waals surface area contributed by atoms with E-state index in [2.05, 4.69) is 15.1 Å². The molecule has 1 aliphatic carbocycles. The van der Waals surface area contributed by atoms with Crippen LogP contribution < -0.4 is 5.32 Å². The third-order valence-corrected chi connectivity index (χ3v) is 7.17. The number of rotatable bonds is 6. The third kappa shape index (κ3) is 4.38. The van der Waals surface area contributed by atoms with Gasteiger partial charge in [0.15, 0.2) is 0 Å². The van der Waals surface area contributed by atoms with E-state index in [9.17, 15) is 9.59 Å². The van der Waals surface area contributed by atoms with Gasteiger partial charge < -0.3 is 10.2 Å². The van der Waals surface area contributed by atoms with Crippen molar-refractivity contribution >= 4 is 11.8 Å². The van der Waals surface area contributed by atoms with E-state index in [1.807, 2.05) is 0 Å². The summed E-state index contributed by atoms with van der Waals surface area (Å²) in [5.41, 5.74) is 0. The van der Waals surface area contributed by atoms with Crippen LogP contribution in [0.2, 0.25) is 0 Å². The molecule has 3 heterocycles. The van der Waals surface area contributed by atoms with Gasteiger partial charge in [-0.05, 0) is 58.0 Å². The van der Waals surface area contributed by atoms with Crippen LogP contribution in [0.4, 0.5) is 0 Å². The van der Waals surface area contributed by atoms with Gasteiger partial charge in [-0.3, -0.25) is 19.4 Å². The molecular weight excluding hydrogens is 340 g/mol. The van der Waals surface area contributed by atoms with Gasteiger partial charge in [-0.25, -0.2) is 0 Å². The van der Waals surface area contributed by atoms with E-state index >= 15 is 0 Å². The minimum absolute atomic E-state index is 0.00715. The molecule has 3 aliphatic heterocycles. The zero-order valence-electron chi connectivity index (χ0n) is 16.7. The molecule has 3 unspecified atom stereocenters. The van der Waals surface area contributed by atoms with Crippen molar-refractivity contribution in [3.8, 4) is 0 Å². The van der Waals surface area contributed by atoms with Crippen LogP contribution in [0, 0.1) is 11.8 Å². The number of carbonyl (C=O) groups excluding carboxylic acids is 2. The summed E-state index contributed by atoms with van der Waals surface area (Å²) >= 11 is 0. The zero-order chi connectivity index (χ0) is 18.6. The highest BCUT2D eigenvalue weighted by Gasteiger charge is 2.47. The van der Waals surface area contributed by atoms with Crippen LogP contribution in [0.5, 0.6) is 0 Å². The van der Waals surface area contributed by atoms with Crippen molar-refractivity contribution in [3.05, 3.63) is 0 Å². The fourth-order valence-electron chi connectivity index (χ4n) is 5.50. The van der Waals surface area contributed by atoms with E-state index in [-0.39, 0.29) is 23.7 Å². The molecule has 0 aromatic rings. The van der Waals surface area contributed by atoms with Crippen molar-refractivity contribution in [1.82, 2.24) is 20.0 Å². The zero-order valence-corrected chi connectivity index (χ0v) is 16.7. The highest BCUT2D eigenvalue weighted by atomic mass is 16.2. The molecule has 0 aromatic carbocycles. The molecule has 4 fully saturated rings. The molecule has 6 heteroatoms. The number of hydrogen-bond acceptors (Lipinski definition) is 5. The lowest BCUT2D eigenvalue weighted by atomic mass is 9.81. The minimum Gasteiger partial charge on any atom is -0.302 e. The maximum Gasteiger partial charge on any atom is 0.233 e. The maximum absolute atomic E-state index is 12.5. The molecule has 0 bridgehead atoms. The lowest BCUT2D eigenvalue weighted by Gasteiger charge is -2.41. The van der Waals surface area contributed by atoms with Gasteiger partial charge >= 0.3 is 0 Å². The van der Waals surface area contributed by atoms with Crippen molar-refractivity contribution in [2.24, 2.45) is 11.8 Å². The molecule has 1 saturated carbocycles. The summed E-state index contributed by atoms with van der Waals surface area (Å²) in [7, 11) is 0. The smallest absolute Gasteiger partial charge is 0.233 e. The average molecular weight is 377 g/mol. The Morgan fingerprint density at radius 1 is 0.778 bits per heavy atom. The number of carbonyl (C=O) groups is 2. The average Bonchev–Trinajstić information content (AvgIpc) is 2.97. The van der Waals surface area contributed by atoms with Crippen LogP contribution in [-0.4, -0.2) is 78.5 Å². The van der Waals surface area contributed by atoms with Crippen LogP contribution in [0.3, 0.4) is 0 Å². The number of imide groups is 1. The molecule has 3 atom stereocenters. The SMILES string of the molecule is O=C1C2CCCCC2C(=O)N1CCCCN1CCN(C2CCCCN2)CC1. The highest BCUT2D eigenvalue weighted by molar-refractivity contribution is 6.05. The lowest BCUT2D eigenvalue weighted by molar-refractivity contribution is -0.140. The van der Waals surface area contributed by atoms with Gasteiger partial charge in [0.2, 0.25) is 11.8 Å². The number of nitrogens with zero attached hydrogens (tertiary/aromatic N) is 3. The first kappa shape index (κ1) is 19.3. The Morgan fingerprint density at radius 3 is 2.04 bits per heavy atom. The number of amides is 2. The number of likely N-dealkylation sites (tertiary alicyclic amines) is 1. The minimum atomic E-state index is 0.00715. The molecule has 3 saturated heterocycles. The molecule has 6 nitrogen and oxygen atoms in total. The monoisotopic (exact) mass is 376 g/mol. The van der Waals surface area contributed by atoms with Crippen molar-refractivity contribution in [1.29, 1.82) is 0 Å². The van der Waals surface area contributed by atoms with Crippen LogP contribution >= 0.6 is 0 Å². The Labute approximate surface area is 163 Å². The van der Waals surface area contributed by atoms with Gasteiger partial charge in [-0.1, -0.05) is 12.8 Å². The van der Waals surface area contributed by atoms with E-state index in [1.54, 1.807) is 4.90 Å². The second-order valence-corrected chi connectivity index (χ2v) is 8.88. The number of hydrogen-bond donors (Lipinski definition) is 1. The summed E-state index contributed by atoms with van der Waals surface area (Å²) in [6.45, 7) is 7.49. The third-order valence-electron chi connectivity index (χ3n) is 7.17. The second-order valence-electron chi connectivity index (χ2n) is 8.88. The van der Waals surface area contributed by atoms with Gasteiger partial charge in [0.1, 0.15) is 0 Å². The maximum atomic E-state index is 12.5. The molecule has 4 rings (SSSR count). The predicted octanol–water partition coefficient (Wildman–Crippen LogP) is 1.66. The van der Waals surface area contributed by atoms with Gasteiger partial charge in [0.05, 0.1) is 18.0 Å². The van der Waals surface area contributed by atoms with Crippen molar-refractivity contribution in [3.63, 3.8) is 0 Å². The van der Waals surface area contributed by atoms with Gasteiger partial charge in [-0.2, -0.15) is 0 Å². The number of unbranched alkanes of at least 4 members (excludes halogenated alkanes) is 1. The Balaban J connectivity index is 1.14. The molecule has 0 radical (unpaired) electrons. The number of piperazine rings is 1. The second kappa shape index (κ2) is 9.01. The van der Waals surface area contributed by atoms with Crippen LogP contribution in [0.15, 0.2) is 0 Å². The van der Waals surface area contributed by atoms with Gasteiger partial charge in [0, 0.05) is 32.7 Å². The fraction of sp³-hybridized carbons (Fsp3) is 0.905. The summed E-state index contributed by atoms with van der Waals surface area (Å²) in [4.78, 5) is 31.8. The van der Waals surface area contributed by atoms with Crippen molar-refractivity contribution in [2.45, 2.75) is 64.0 Å². The van der Waals surface area contributed by atoms with Crippen molar-refractivity contribution in [2.75, 3.05) is 45.8 Å². The fourth-order valence-corrected chi connectivity index (χ4v) is 5.50. The van der Waals surface area contributed by atoms with E-state index in [0.29, 0.717) is 12.7 Å². The van der Waals surface area contributed by atoms with E-state index in [1.165, 1.54) is 25.8 Å². The Bertz CT molecular complexity index is 502. The van der Waals surface area contributed by atoms with E-state index < -0.39 is 0 Å². The largest absolute Gasteiger partial charge is 0.302 e. The number of fused-ring (bicyclic) bond motifs is 1. The quantitative estimate of drug-likeness (QED) is 0.564. The van der Waals surface area contributed by atoms with E-state index in [0.717, 1.165) is 71.2 Å². The highest BCUT2D eigenvalue weighted by Crippen LogP contribution is 2.38. The predicted molar refractivity (Wildman–Crippen MR) is 105 cm³/mol. The van der Waals surface area contributed by atoms with Gasteiger partial charge in [0.25, 0.3) is 0 Å². The number of nitrogens with one attached hydrogen (secondary N) is 1. The molecule has 0 spiro atoms. The summed E-state index contributed by atoms with van der Waals surface area (Å²) < 4.78 is 0. The summed E-state index contributed by atoms with van der Waals surface area (Å²) in [5, 5.41) is 3.65. The number of piperidine rings is 1.